The molecule has 0 fully saturated rings. The van der Waals surface area contributed by atoms with E-state index in [2.05, 4.69) is 0 Å². The van der Waals surface area contributed by atoms with Crippen molar-refractivity contribution in [2.24, 2.45) is 0 Å². The number of carboxylic acid groups (broad SMARTS) is 1. The monoisotopic (exact) mass is 360 g/mol. The summed E-state index contributed by atoms with van der Waals surface area (Å²) in [6, 6.07) is 13.7. The Balaban J connectivity index is 2.10. The molecule has 0 spiro atoms. The number of nitrogens with zero attached hydrogens (tertiary/aromatic N) is 1. The molecule has 0 aliphatic carbocycles. The number of carboxylic acids is 1. The van der Waals surface area contributed by atoms with Gasteiger partial charge in [-0.15, -0.1) is 0 Å². The molecule has 2 aromatic rings. The van der Waals surface area contributed by atoms with E-state index in [4.69, 9.17) is 0 Å². The molecule has 1 atom stereocenters. The number of aromatic carboxylic acids is 1. The van der Waals surface area contributed by atoms with Crippen LogP contribution in [-0.2, 0) is 0 Å². The van der Waals surface area contributed by atoms with E-state index in [-0.39, 0.29) is 27.4 Å². The third kappa shape index (κ3) is 3.95. The molecule has 0 aliphatic heterocycles. The number of benzene rings is 2. The van der Waals surface area contributed by atoms with Gasteiger partial charge in [0.25, 0.3) is 0 Å². The first-order valence-electron chi connectivity index (χ1n) is 6.73. The standard InChI is InChI=1S/C16H15AsNO4/c1-11(12-5-4-6-13(9-12)18(21)22)10-17-15-8-3-2-7-14(15)16(19)20/h2-9,11H,10H2,1H3,(H,19,20). The molecule has 1 unspecified atom stereocenters. The normalized spacial score (nSPS) is 12.4. The number of nitro groups is 1. The first kappa shape index (κ1) is 16.2. The molecular weight excluding hydrogens is 345 g/mol. The zero-order valence-corrected chi connectivity index (χ0v) is 13.8. The quantitative estimate of drug-likeness (QED) is 0.488. The summed E-state index contributed by atoms with van der Waals surface area (Å²) < 4.78 is 0.878. The van der Waals surface area contributed by atoms with E-state index in [0.717, 1.165) is 15.1 Å². The topological polar surface area (TPSA) is 80.4 Å². The minimum atomic E-state index is -0.908. The third-order valence-corrected chi connectivity index (χ3v) is 6.39. The van der Waals surface area contributed by atoms with E-state index in [1.165, 1.54) is 6.07 Å². The van der Waals surface area contributed by atoms with Crippen LogP contribution >= 0.6 is 0 Å². The van der Waals surface area contributed by atoms with E-state index in [9.17, 15) is 20.0 Å². The van der Waals surface area contributed by atoms with Crippen molar-refractivity contribution in [3.05, 3.63) is 69.8 Å². The van der Waals surface area contributed by atoms with Gasteiger partial charge < -0.3 is 0 Å². The second kappa shape index (κ2) is 7.23. The van der Waals surface area contributed by atoms with Crippen molar-refractivity contribution in [2.45, 2.75) is 18.1 Å². The number of carbonyl (C=O) groups is 1. The number of hydrogen-bond acceptors (Lipinski definition) is 3. The summed E-state index contributed by atoms with van der Waals surface area (Å²) in [6.45, 7) is 2.01. The maximum absolute atomic E-state index is 11.2. The van der Waals surface area contributed by atoms with Crippen molar-refractivity contribution >= 4 is 31.8 Å². The molecule has 0 saturated carbocycles. The average Bonchev–Trinajstić information content (AvgIpc) is 2.52. The number of hydrogen-bond donors (Lipinski definition) is 1. The Hall–Kier alpha value is -2.13. The molecule has 113 valence electrons. The van der Waals surface area contributed by atoms with Crippen molar-refractivity contribution in [2.75, 3.05) is 0 Å². The Labute approximate surface area is 134 Å². The van der Waals surface area contributed by atoms with Gasteiger partial charge in [-0.05, 0) is 0 Å². The van der Waals surface area contributed by atoms with Crippen molar-refractivity contribution in [1.82, 2.24) is 0 Å². The molecule has 2 aromatic carbocycles. The maximum atomic E-state index is 11.2. The van der Waals surface area contributed by atoms with Crippen LogP contribution in [-0.4, -0.2) is 31.8 Å². The first-order valence-corrected chi connectivity index (χ1v) is 8.99. The van der Waals surface area contributed by atoms with Gasteiger partial charge in [0.2, 0.25) is 0 Å². The summed E-state index contributed by atoms with van der Waals surface area (Å²) in [5, 5.41) is 20.8. The molecule has 2 rings (SSSR count). The van der Waals surface area contributed by atoms with Gasteiger partial charge in [-0.1, -0.05) is 0 Å². The van der Waals surface area contributed by atoms with Gasteiger partial charge in [0.15, 0.2) is 0 Å². The van der Waals surface area contributed by atoms with Crippen molar-refractivity contribution in [1.29, 1.82) is 0 Å². The van der Waals surface area contributed by atoms with Crippen LogP contribution in [0.3, 0.4) is 0 Å². The molecule has 0 saturated heterocycles. The number of non-ortho nitro benzene ring substituents is 1. The Morgan fingerprint density at radius 1 is 1.27 bits per heavy atom. The Kier molecular flexibility index (Phi) is 5.34. The molecule has 0 amide bonds. The second-order valence-corrected chi connectivity index (χ2v) is 7.36. The third-order valence-electron chi connectivity index (χ3n) is 3.32. The molecule has 0 aromatic heterocycles. The van der Waals surface area contributed by atoms with Crippen LogP contribution in [0.5, 0.6) is 0 Å². The fraction of sp³-hybridized carbons (Fsp3) is 0.188. The van der Waals surface area contributed by atoms with Gasteiger partial charge in [0, 0.05) is 0 Å². The molecule has 0 heterocycles. The SMILES string of the molecule is CC(C[As]c1ccccc1C(=O)O)c1cccc([N+](=O)[O-])c1. The van der Waals surface area contributed by atoms with Crippen LogP contribution in [0.1, 0.15) is 28.8 Å². The van der Waals surface area contributed by atoms with Crippen LogP contribution in [0.2, 0.25) is 5.21 Å². The van der Waals surface area contributed by atoms with Crippen molar-refractivity contribution in [3.8, 4) is 0 Å². The van der Waals surface area contributed by atoms with E-state index < -0.39 is 10.9 Å². The summed E-state index contributed by atoms with van der Waals surface area (Å²) in [6.07, 6.45) is 0. The average molecular weight is 360 g/mol. The molecule has 6 heteroatoms. The van der Waals surface area contributed by atoms with E-state index >= 15 is 0 Å². The molecule has 0 bridgehead atoms. The summed E-state index contributed by atoms with van der Waals surface area (Å²) >= 11 is -0.310. The molecule has 1 radical (unpaired) electrons. The summed E-state index contributed by atoms with van der Waals surface area (Å²) in [7, 11) is 0. The fourth-order valence-electron chi connectivity index (χ4n) is 2.08. The van der Waals surface area contributed by atoms with Crippen LogP contribution < -0.4 is 4.35 Å². The van der Waals surface area contributed by atoms with Gasteiger partial charge in [0.05, 0.1) is 0 Å². The van der Waals surface area contributed by atoms with Crippen molar-refractivity contribution < 1.29 is 14.8 Å². The van der Waals surface area contributed by atoms with Crippen LogP contribution in [0.4, 0.5) is 5.69 Å². The molecule has 0 aliphatic rings. The summed E-state index contributed by atoms with van der Waals surface area (Å²) in [5.74, 6) is -0.754. The number of nitro benzene ring substituents is 1. The van der Waals surface area contributed by atoms with Crippen molar-refractivity contribution in [3.63, 3.8) is 0 Å². The Morgan fingerprint density at radius 3 is 2.68 bits per heavy atom. The van der Waals surface area contributed by atoms with Gasteiger partial charge in [0.1, 0.15) is 0 Å². The van der Waals surface area contributed by atoms with E-state index in [0.29, 0.717) is 5.56 Å². The van der Waals surface area contributed by atoms with Crippen LogP contribution in [0, 0.1) is 10.1 Å². The molecule has 22 heavy (non-hydrogen) atoms. The fourth-order valence-corrected chi connectivity index (χ4v) is 4.62. The summed E-state index contributed by atoms with van der Waals surface area (Å²) in [4.78, 5) is 21.6. The van der Waals surface area contributed by atoms with E-state index in [1.807, 2.05) is 25.1 Å². The zero-order valence-electron chi connectivity index (χ0n) is 12.0. The summed E-state index contributed by atoms with van der Waals surface area (Å²) in [5.41, 5.74) is 1.36. The molecule has 5 nitrogen and oxygen atoms in total. The second-order valence-electron chi connectivity index (χ2n) is 4.92. The van der Waals surface area contributed by atoms with Gasteiger partial charge in [-0.2, -0.15) is 0 Å². The zero-order chi connectivity index (χ0) is 16.1. The van der Waals surface area contributed by atoms with Gasteiger partial charge in [-0.25, -0.2) is 0 Å². The minimum absolute atomic E-state index is 0.0894. The predicted octanol–water partition coefficient (Wildman–Crippen LogP) is 2.84. The van der Waals surface area contributed by atoms with E-state index in [1.54, 1.807) is 24.3 Å². The first-order chi connectivity index (χ1) is 10.5. The van der Waals surface area contributed by atoms with Crippen LogP contribution in [0.15, 0.2) is 48.5 Å². The Morgan fingerprint density at radius 2 is 2.00 bits per heavy atom. The van der Waals surface area contributed by atoms with Gasteiger partial charge >= 0.3 is 134 Å². The predicted molar refractivity (Wildman–Crippen MR) is 85.1 cm³/mol. The van der Waals surface area contributed by atoms with Crippen LogP contribution in [0.25, 0.3) is 0 Å². The van der Waals surface area contributed by atoms with Gasteiger partial charge in [-0.3, -0.25) is 0 Å². The molecule has 1 N–H and O–H groups in total. The number of rotatable bonds is 6. The Bertz CT molecular complexity index is 702. The molecular formula is C16H15AsNO4.